The summed E-state index contributed by atoms with van der Waals surface area (Å²) in [5.74, 6) is 0. The predicted octanol–water partition coefficient (Wildman–Crippen LogP) is 1.63. The van der Waals surface area contributed by atoms with E-state index in [0.717, 1.165) is 38.4 Å². The lowest BCUT2D eigenvalue weighted by molar-refractivity contribution is -0.0709. The molecule has 2 rings (SSSR count). The molecule has 2 fully saturated rings. The highest BCUT2D eigenvalue weighted by Crippen LogP contribution is 2.31. The Hall–Kier alpha value is -0.120. The van der Waals surface area contributed by atoms with Gasteiger partial charge in [-0.1, -0.05) is 6.92 Å². The molecule has 3 nitrogen and oxygen atoms in total. The second-order valence-corrected chi connectivity index (χ2v) is 5.78. The zero-order chi connectivity index (χ0) is 11.6. The third-order valence-corrected chi connectivity index (χ3v) is 4.05. The van der Waals surface area contributed by atoms with Crippen LogP contribution in [-0.4, -0.2) is 48.8 Å². The third kappa shape index (κ3) is 2.58. The minimum atomic E-state index is 0.226. The molecule has 2 atom stereocenters. The second kappa shape index (κ2) is 5.03. The summed E-state index contributed by atoms with van der Waals surface area (Å²) >= 11 is 0. The fourth-order valence-corrected chi connectivity index (χ4v) is 3.26. The summed E-state index contributed by atoms with van der Waals surface area (Å²) in [7, 11) is 0. The van der Waals surface area contributed by atoms with E-state index in [-0.39, 0.29) is 5.54 Å². The Morgan fingerprint density at radius 2 is 2.19 bits per heavy atom. The van der Waals surface area contributed by atoms with E-state index in [0.29, 0.717) is 0 Å². The average molecular weight is 226 g/mol. The van der Waals surface area contributed by atoms with Crippen molar-refractivity contribution in [1.29, 1.82) is 0 Å². The topological polar surface area (TPSA) is 24.5 Å². The Bertz CT molecular complexity index is 230. The first-order chi connectivity index (χ1) is 7.63. The van der Waals surface area contributed by atoms with Crippen LogP contribution in [-0.2, 0) is 4.74 Å². The van der Waals surface area contributed by atoms with Gasteiger partial charge < -0.3 is 10.1 Å². The Kier molecular flexibility index (Phi) is 3.88. The molecule has 0 bridgehead atoms. The van der Waals surface area contributed by atoms with Crippen molar-refractivity contribution in [3.8, 4) is 0 Å². The Morgan fingerprint density at radius 3 is 2.88 bits per heavy atom. The normalized spacial score (nSPS) is 35.4. The molecule has 0 spiro atoms. The SMILES string of the molecule is CCNC1CCC(N2CCOCC2(C)C)C1. The Balaban J connectivity index is 1.92. The molecule has 1 aliphatic heterocycles. The summed E-state index contributed by atoms with van der Waals surface area (Å²) in [6, 6.07) is 1.51. The number of hydrogen-bond acceptors (Lipinski definition) is 3. The second-order valence-electron chi connectivity index (χ2n) is 5.78. The minimum Gasteiger partial charge on any atom is -0.378 e. The van der Waals surface area contributed by atoms with Crippen LogP contribution in [0.3, 0.4) is 0 Å². The van der Waals surface area contributed by atoms with Crippen LogP contribution in [0.4, 0.5) is 0 Å². The quantitative estimate of drug-likeness (QED) is 0.791. The number of hydrogen-bond donors (Lipinski definition) is 1. The molecule has 0 amide bonds. The van der Waals surface area contributed by atoms with Crippen LogP contribution in [0.15, 0.2) is 0 Å². The van der Waals surface area contributed by atoms with Crippen molar-refractivity contribution in [3.63, 3.8) is 0 Å². The Morgan fingerprint density at radius 1 is 1.38 bits per heavy atom. The van der Waals surface area contributed by atoms with Crippen LogP contribution < -0.4 is 5.32 Å². The smallest absolute Gasteiger partial charge is 0.0645 e. The lowest BCUT2D eigenvalue weighted by atomic mass is 9.99. The predicted molar refractivity (Wildman–Crippen MR) is 66.7 cm³/mol. The fourth-order valence-electron chi connectivity index (χ4n) is 3.26. The molecule has 2 unspecified atom stereocenters. The van der Waals surface area contributed by atoms with Gasteiger partial charge in [0.2, 0.25) is 0 Å². The molecule has 1 N–H and O–H groups in total. The summed E-state index contributed by atoms with van der Waals surface area (Å²) in [4.78, 5) is 2.67. The van der Waals surface area contributed by atoms with E-state index in [2.05, 4.69) is 31.0 Å². The van der Waals surface area contributed by atoms with Gasteiger partial charge in [-0.05, 0) is 39.7 Å². The lowest BCUT2D eigenvalue weighted by Gasteiger charge is -2.45. The van der Waals surface area contributed by atoms with E-state index >= 15 is 0 Å². The van der Waals surface area contributed by atoms with Crippen molar-refractivity contribution in [2.24, 2.45) is 0 Å². The Labute approximate surface area is 99.5 Å². The van der Waals surface area contributed by atoms with Crippen molar-refractivity contribution in [2.45, 2.75) is 57.7 Å². The molecule has 94 valence electrons. The molecule has 2 aliphatic rings. The summed E-state index contributed by atoms with van der Waals surface area (Å²) in [6.45, 7) is 10.8. The highest BCUT2D eigenvalue weighted by molar-refractivity contribution is 4.94. The maximum atomic E-state index is 5.59. The van der Waals surface area contributed by atoms with E-state index in [1.807, 2.05) is 0 Å². The summed E-state index contributed by atoms with van der Waals surface area (Å²) in [6.07, 6.45) is 4.00. The van der Waals surface area contributed by atoms with Gasteiger partial charge in [-0.15, -0.1) is 0 Å². The zero-order valence-corrected chi connectivity index (χ0v) is 11.0. The van der Waals surface area contributed by atoms with E-state index in [9.17, 15) is 0 Å². The first-order valence-electron chi connectivity index (χ1n) is 6.71. The van der Waals surface area contributed by atoms with Gasteiger partial charge in [0.25, 0.3) is 0 Å². The molecule has 1 saturated carbocycles. The van der Waals surface area contributed by atoms with Crippen molar-refractivity contribution >= 4 is 0 Å². The standard InChI is InChI=1S/C13H26N2O/c1-4-14-11-5-6-12(9-11)15-7-8-16-10-13(15,2)3/h11-12,14H,4-10H2,1-3H3. The average Bonchev–Trinajstić information content (AvgIpc) is 2.66. The van der Waals surface area contributed by atoms with Crippen LogP contribution in [0.25, 0.3) is 0 Å². The number of morpholine rings is 1. The van der Waals surface area contributed by atoms with Gasteiger partial charge in [-0.2, -0.15) is 0 Å². The molecule has 0 radical (unpaired) electrons. The maximum Gasteiger partial charge on any atom is 0.0645 e. The molecule has 3 heteroatoms. The molecular weight excluding hydrogens is 200 g/mol. The third-order valence-electron chi connectivity index (χ3n) is 4.05. The molecule has 0 aromatic heterocycles. The first-order valence-corrected chi connectivity index (χ1v) is 6.71. The minimum absolute atomic E-state index is 0.226. The molecule has 0 aromatic carbocycles. The first kappa shape index (κ1) is 12.3. The van der Waals surface area contributed by atoms with Crippen LogP contribution in [0.2, 0.25) is 0 Å². The van der Waals surface area contributed by atoms with E-state index in [1.54, 1.807) is 0 Å². The van der Waals surface area contributed by atoms with Gasteiger partial charge >= 0.3 is 0 Å². The van der Waals surface area contributed by atoms with Crippen molar-refractivity contribution < 1.29 is 4.74 Å². The van der Waals surface area contributed by atoms with Gasteiger partial charge in [0.05, 0.1) is 13.2 Å². The zero-order valence-electron chi connectivity index (χ0n) is 11.0. The number of ether oxygens (including phenoxy) is 1. The van der Waals surface area contributed by atoms with Crippen molar-refractivity contribution in [1.82, 2.24) is 10.2 Å². The summed E-state index contributed by atoms with van der Waals surface area (Å²) < 4.78 is 5.59. The molecule has 1 saturated heterocycles. The van der Waals surface area contributed by atoms with Crippen molar-refractivity contribution in [2.75, 3.05) is 26.3 Å². The van der Waals surface area contributed by atoms with E-state index in [4.69, 9.17) is 4.74 Å². The van der Waals surface area contributed by atoms with Gasteiger partial charge in [-0.25, -0.2) is 0 Å². The number of nitrogens with one attached hydrogen (secondary N) is 1. The van der Waals surface area contributed by atoms with E-state index in [1.165, 1.54) is 19.3 Å². The number of rotatable bonds is 3. The largest absolute Gasteiger partial charge is 0.378 e. The van der Waals surface area contributed by atoms with Crippen LogP contribution in [0.5, 0.6) is 0 Å². The van der Waals surface area contributed by atoms with Gasteiger partial charge in [0.15, 0.2) is 0 Å². The molecule has 0 aromatic rings. The highest BCUT2D eigenvalue weighted by atomic mass is 16.5. The molecule has 1 aliphatic carbocycles. The number of nitrogens with zero attached hydrogens (tertiary/aromatic N) is 1. The van der Waals surface area contributed by atoms with Gasteiger partial charge in [-0.3, -0.25) is 4.90 Å². The van der Waals surface area contributed by atoms with Gasteiger partial charge in [0, 0.05) is 24.2 Å². The lowest BCUT2D eigenvalue weighted by Crippen LogP contribution is -2.56. The van der Waals surface area contributed by atoms with Crippen LogP contribution in [0.1, 0.15) is 40.0 Å². The van der Waals surface area contributed by atoms with Crippen molar-refractivity contribution in [3.05, 3.63) is 0 Å². The van der Waals surface area contributed by atoms with Crippen LogP contribution in [0, 0.1) is 0 Å². The molecular formula is C13H26N2O. The molecule has 1 heterocycles. The van der Waals surface area contributed by atoms with Crippen LogP contribution >= 0.6 is 0 Å². The fraction of sp³-hybridized carbons (Fsp3) is 1.00. The van der Waals surface area contributed by atoms with E-state index < -0.39 is 0 Å². The monoisotopic (exact) mass is 226 g/mol. The molecule has 16 heavy (non-hydrogen) atoms. The maximum absolute atomic E-state index is 5.59. The van der Waals surface area contributed by atoms with Gasteiger partial charge in [0.1, 0.15) is 0 Å². The summed E-state index contributed by atoms with van der Waals surface area (Å²) in [5.41, 5.74) is 0.226. The summed E-state index contributed by atoms with van der Waals surface area (Å²) in [5, 5.41) is 3.58. The highest BCUT2D eigenvalue weighted by Gasteiger charge is 2.38.